The minimum atomic E-state index is -0.216. The van der Waals surface area contributed by atoms with Gasteiger partial charge < -0.3 is 4.74 Å². The summed E-state index contributed by atoms with van der Waals surface area (Å²) in [6, 6.07) is 0. The van der Waals surface area contributed by atoms with Gasteiger partial charge in [0, 0.05) is 6.42 Å². The predicted molar refractivity (Wildman–Crippen MR) is 31.0 cm³/mol. The molecule has 0 heterocycles. The van der Waals surface area contributed by atoms with E-state index in [1.54, 1.807) is 0 Å². The van der Waals surface area contributed by atoms with Crippen molar-refractivity contribution in [2.24, 2.45) is 0 Å². The summed E-state index contributed by atoms with van der Waals surface area (Å²) in [4.78, 5) is 10.3. The Morgan fingerprint density at radius 1 is 1.75 bits per heavy atom. The number of rotatable bonds is 3. The van der Waals surface area contributed by atoms with Crippen molar-refractivity contribution in [3.63, 3.8) is 0 Å². The molecule has 0 unspecified atom stereocenters. The third-order valence-corrected chi connectivity index (χ3v) is 0.895. The molecule has 8 heavy (non-hydrogen) atoms. The minimum absolute atomic E-state index is 0.216. The molecule has 0 aliphatic heterocycles. The number of unbranched alkanes of at least 4 members (excludes halogenated alkanes) is 1. The van der Waals surface area contributed by atoms with Gasteiger partial charge in [0.2, 0.25) is 0 Å². The largest absolute Gasteiger partial charge is 0.462 e. The van der Waals surface area contributed by atoms with Crippen molar-refractivity contribution in [1.82, 2.24) is 0 Å². The maximum atomic E-state index is 10.3. The average molecular weight is 115 g/mol. The zero-order valence-corrected chi connectivity index (χ0v) is 5.14. The van der Waals surface area contributed by atoms with E-state index in [4.69, 9.17) is 0 Å². The first kappa shape index (κ1) is 7.47. The van der Waals surface area contributed by atoms with Gasteiger partial charge in [0.25, 0.3) is 0 Å². The molecule has 0 amide bonds. The van der Waals surface area contributed by atoms with Gasteiger partial charge in [-0.2, -0.15) is 0 Å². The third-order valence-electron chi connectivity index (χ3n) is 0.895. The molecular formula is C6H11O2. The van der Waals surface area contributed by atoms with Crippen molar-refractivity contribution in [2.45, 2.75) is 26.2 Å². The summed E-state index contributed by atoms with van der Waals surface area (Å²) < 4.78 is 4.16. The molecule has 0 saturated heterocycles. The highest BCUT2D eigenvalue weighted by molar-refractivity contribution is 5.69. The third kappa shape index (κ3) is 3.65. The molecular weight excluding hydrogens is 104 g/mol. The maximum absolute atomic E-state index is 10.3. The second kappa shape index (κ2) is 4.62. The molecule has 1 radical (unpaired) electrons. The summed E-state index contributed by atoms with van der Waals surface area (Å²) in [6.07, 6.45) is 2.42. The monoisotopic (exact) mass is 115 g/mol. The molecule has 0 aromatic carbocycles. The van der Waals surface area contributed by atoms with E-state index in [1.165, 1.54) is 0 Å². The average Bonchev–Trinajstić information content (AvgIpc) is 1.83. The molecule has 0 fully saturated rings. The van der Waals surface area contributed by atoms with E-state index >= 15 is 0 Å². The molecule has 0 aliphatic rings. The molecule has 0 bridgehead atoms. The molecule has 0 aromatic heterocycles. The van der Waals surface area contributed by atoms with Crippen molar-refractivity contribution < 1.29 is 9.53 Å². The minimum Gasteiger partial charge on any atom is -0.462 e. The van der Waals surface area contributed by atoms with Crippen LogP contribution >= 0.6 is 0 Å². The second-order valence-corrected chi connectivity index (χ2v) is 1.62. The zero-order chi connectivity index (χ0) is 6.41. The summed E-state index contributed by atoms with van der Waals surface area (Å²) in [7, 11) is 2.99. The SMILES string of the molecule is [CH2]OC(=O)CCCC. The number of hydrogen-bond acceptors (Lipinski definition) is 2. The quantitative estimate of drug-likeness (QED) is 0.521. The topological polar surface area (TPSA) is 26.3 Å². The number of carbonyl (C=O) groups is 1. The molecule has 0 spiro atoms. The number of carbonyl (C=O) groups excluding carboxylic acids is 1. The van der Waals surface area contributed by atoms with Crippen LogP contribution in [-0.4, -0.2) is 5.97 Å². The molecule has 2 heteroatoms. The number of ether oxygens (including phenoxy) is 1. The number of esters is 1. The summed E-state index contributed by atoms with van der Waals surface area (Å²) in [6.45, 7) is 2.02. The Labute approximate surface area is 49.8 Å². The highest BCUT2D eigenvalue weighted by Crippen LogP contribution is 1.94. The van der Waals surface area contributed by atoms with Gasteiger partial charge in [0.05, 0.1) is 0 Å². The standard InChI is InChI=1S/C6H11O2/c1-3-4-5-6(7)8-2/h2-5H2,1H3. The van der Waals surface area contributed by atoms with Crippen LogP contribution in [0.1, 0.15) is 26.2 Å². The first-order valence-electron chi connectivity index (χ1n) is 2.76. The van der Waals surface area contributed by atoms with Gasteiger partial charge in [-0.1, -0.05) is 13.3 Å². The van der Waals surface area contributed by atoms with Gasteiger partial charge >= 0.3 is 5.97 Å². The molecule has 0 saturated carbocycles. The highest BCUT2D eigenvalue weighted by Gasteiger charge is 1.95. The molecule has 0 atom stereocenters. The Morgan fingerprint density at radius 3 is 2.75 bits per heavy atom. The lowest BCUT2D eigenvalue weighted by Crippen LogP contribution is -1.96. The van der Waals surface area contributed by atoms with Crippen LogP contribution < -0.4 is 0 Å². The van der Waals surface area contributed by atoms with Crippen LogP contribution in [0.2, 0.25) is 0 Å². The van der Waals surface area contributed by atoms with Gasteiger partial charge in [-0.15, -0.1) is 0 Å². The van der Waals surface area contributed by atoms with Gasteiger partial charge in [0.1, 0.15) is 7.11 Å². The van der Waals surface area contributed by atoms with Crippen LogP contribution in [0.5, 0.6) is 0 Å². The lowest BCUT2D eigenvalue weighted by molar-refractivity contribution is -0.138. The lowest BCUT2D eigenvalue weighted by atomic mass is 10.3. The van der Waals surface area contributed by atoms with E-state index in [0.29, 0.717) is 6.42 Å². The molecule has 0 aromatic rings. The summed E-state index contributed by atoms with van der Waals surface area (Å²) >= 11 is 0. The van der Waals surface area contributed by atoms with Crippen molar-refractivity contribution in [2.75, 3.05) is 0 Å². The fraction of sp³-hybridized carbons (Fsp3) is 0.667. The predicted octanol–water partition coefficient (Wildman–Crippen LogP) is 1.51. The van der Waals surface area contributed by atoms with Crippen molar-refractivity contribution in [3.05, 3.63) is 7.11 Å². The normalized spacial score (nSPS) is 8.75. The van der Waals surface area contributed by atoms with Crippen molar-refractivity contribution in [1.29, 1.82) is 0 Å². The van der Waals surface area contributed by atoms with Gasteiger partial charge in [-0.25, -0.2) is 0 Å². The van der Waals surface area contributed by atoms with Gasteiger partial charge in [-0.3, -0.25) is 4.79 Å². The summed E-state index contributed by atoms with van der Waals surface area (Å²) in [5.41, 5.74) is 0. The molecule has 0 aliphatic carbocycles. The Balaban J connectivity index is 2.99. The van der Waals surface area contributed by atoms with Crippen LogP contribution in [0.4, 0.5) is 0 Å². The van der Waals surface area contributed by atoms with E-state index in [-0.39, 0.29) is 5.97 Å². The zero-order valence-electron chi connectivity index (χ0n) is 5.14. The Morgan fingerprint density at radius 2 is 2.38 bits per heavy atom. The van der Waals surface area contributed by atoms with Crippen LogP contribution in [0.25, 0.3) is 0 Å². The van der Waals surface area contributed by atoms with E-state index < -0.39 is 0 Å². The fourth-order valence-electron chi connectivity index (χ4n) is 0.393. The fourth-order valence-corrected chi connectivity index (χ4v) is 0.393. The summed E-state index contributed by atoms with van der Waals surface area (Å²) in [5, 5.41) is 0. The van der Waals surface area contributed by atoms with Crippen LogP contribution in [0, 0.1) is 7.11 Å². The summed E-state index contributed by atoms with van der Waals surface area (Å²) in [5.74, 6) is -0.216. The van der Waals surface area contributed by atoms with Crippen LogP contribution in [0.15, 0.2) is 0 Å². The highest BCUT2D eigenvalue weighted by atomic mass is 16.5. The van der Waals surface area contributed by atoms with Gasteiger partial charge in [0.15, 0.2) is 0 Å². The first-order chi connectivity index (χ1) is 3.81. The van der Waals surface area contributed by atoms with E-state index in [9.17, 15) is 4.79 Å². The van der Waals surface area contributed by atoms with Crippen LogP contribution in [0.3, 0.4) is 0 Å². The first-order valence-corrected chi connectivity index (χ1v) is 2.76. The molecule has 47 valence electrons. The molecule has 0 rings (SSSR count). The Bertz CT molecular complexity index is 68.9. The van der Waals surface area contributed by atoms with Crippen LogP contribution in [-0.2, 0) is 9.53 Å². The van der Waals surface area contributed by atoms with Gasteiger partial charge in [-0.05, 0) is 6.42 Å². The van der Waals surface area contributed by atoms with E-state index in [0.717, 1.165) is 12.8 Å². The Hall–Kier alpha value is -0.530. The molecule has 2 nitrogen and oxygen atoms in total. The maximum Gasteiger partial charge on any atom is 0.305 e. The number of hydrogen-bond donors (Lipinski definition) is 0. The molecule has 0 N–H and O–H groups in total. The Kier molecular flexibility index (Phi) is 4.32. The van der Waals surface area contributed by atoms with Crippen molar-refractivity contribution >= 4 is 5.97 Å². The van der Waals surface area contributed by atoms with Crippen molar-refractivity contribution in [3.8, 4) is 0 Å². The lowest BCUT2D eigenvalue weighted by Gasteiger charge is -1.93. The van der Waals surface area contributed by atoms with E-state index in [1.807, 2.05) is 6.92 Å². The van der Waals surface area contributed by atoms with E-state index in [2.05, 4.69) is 11.8 Å². The second-order valence-electron chi connectivity index (χ2n) is 1.62. The smallest absolute Gasteiger partial charge is 0.305 e.